The number of aromatic nitrogens is 1. The second kappa shape index (κ2) is 6.50. The molecule has 0 aliphatic carbocycles. The van der Waals surface area contributed by atoms with Gasteiger partial charge in [0, 0.05) is 28.3 Å². The molecular formula is C12H12BrClN2S. The highest BCUT2D eigenvalue weighted by Crippen LogP contribution is 2.31. The molecule has 0 spiro atoms. The number of pyridine rings is 1. The molecule has 0 unspecified atom stereocenters. The topological polar surface area (TPSA) is 24.9 Å². The van der Waals surface area contributed by atoms with Crippen molar-refractivity contribution >= 4 is 38.9 Å². The van der Waals surface area contributed by atoms with Crippen LogP contribution in [0.25, 0.3) is 0 Å². The van der Waals surface area contributed by atoms with Crippen molar-refractivity contribution in [3.05, 3.63) is 49.8 Å². The van der Waals surface area contributed by atoms with Crippen LogP contribution in [0.1, 0.15) is 10.4 Å². The highest BCUT2D eigenvalue weighted by molar-refractivity contribution is 9.10. The van der Waals surface area contributed by atoms with Gasteiger partial charge in [-0.05, 0) is 46.6 Å². The summed E-state index contributed by atoms with van der Waals surface area (Å²) in [6.45, 7) is 1.80. The summed E-state index contributed by atoms with van der Waals surface area (Å²) in [5.41, 5.74) is 1.25. The van der Waals surface area contributed by atoms with Crippen molar-refractivity contribution in [2.24, 2.45) is 0 Å². The number of hydrogen-bond acceptors (Lipinski definition) is 3. The van der Waals surface area contributed by atoms with E-state index in [1.165, 1.54) is 10.4 Å². The van der Waals surface area contributed by atoms with E-state index in [0.717, 1.165) is 28.3 Å². The Hall–Kier alpha value is -0.420. The lowest BCUT2D eigenvalue weighted by atomic mass is 10.2. The van der Waals surface area contributed by atoms with Crippen LogP contribution in [0.5, 0.6) is 0 Å². The number of rotatable bonds is 5. The monoisotopic (exact) mass is 330 g/mol. The minimum atomic E-state index is 0.814. The number of thiophene rings is 1. The lowest BCUT2D eigenvalue weighted by molar-refractivity contribution is 0.692. The Balaban J connectivity index is 1.73. The normalized spacial score (nSPS) is 10.7. The number of halogens is 2. The Kier molecular flexibility index (Phi) is 4.98. The molecule has 2 nitrogen and oxygen atoms in total. The average Bonchev–Trinajstić information content (AvgIpc) is 2.66. The fourth-order valence-corrected chi connectivity index (χ4v) is 3.23. The Labute approximate surface area is 118 Å². The number of nitrogens with one attached hydrogen (secondary N) is 1. The zero-order valence-electron chi connectivity index (χ0n) is 9.12. The summed E-state index contributed by atoms with van der Waals surface area (Å²) in [7, 11) is 0. The van der Waals surface area contributed by atoms with Gasteiger partial charge in [-0.25, -0.2) is 0 Å². The van der Waals surface area contributed by atoms with Crippen LogP contribution in [0.4, 0.5) is 0 Å². The Bertz CT molecular complexity index is 453. The molecule has 0 saturated carbocycles. The lowest BCUT2D eigenvalue weighted by Gasteiger charge is -2.02. The largest absolute Gasteiger partial charge is 0.312 e. The van der Waals surface area contributed by atoms with Gasteiger partial charge in [-0.15, -0.1) is 11.3 Å². The maximum absolute atomic E-state index is 5.97. The predicted molar refractivity (Wildman–Crippen MR) is 76.7 cm³/mol. The smallest absolute Gasteiger partial charge is 0.107 e. The van der Waals surface area contributed by atoms with Crippen LogP contribution in [-0.4, -0.2) is 11.5 Å². The molecule has 0 bridgehead atoms. The van der Waals surface area contributed by atoms with Gasteiger partial charge in [0.1, 0.15) is 4.34 Å². The summed E-state index contributed by atoms with van der Waals surface area (Å²) >= 11 is 11.0. The number of nitrogens with zero attached hydrogens (tertiary/aromatic N) is 1. The fourth-order valence-electron chi connectivity index (χ4n) is 1.47. The minimum absolute atomic E-state index is 0.814. The molecule has 1 N–H and O–H groups in total. The summed E-state index contributed by atoms with van der Waals surface area (Å²) in [6.07, 6.45) is 4.69. The highest BCUT2D eigenvalue weighted by Gasteiger charge is 2.03. The van der Waals surface area contributed by atoms with Crippen LogP contribution in [0.3, 0.4) is 0 Å². The molecular weight excluding hydrogens is 320 g/mol. The summed E-state index contributed by atoms with van der Waals surface area (Å²) < 4.78 is 1.79. The van der Waals surface area contributed by atoms with E-state index in [2.05, 4.69) is 38.4 Å². The van der Waals surface area contributed by atoms with Crippen molar-refractivity contribution < 1.29 is 0 Å². The van der Waals surface area contributed by atoms with Crippen molar-refractivity contribution in [1.82, 2.24) is 10.3 Å². The van der Waals surface area contributed by atoms with Gasteiger partial charge >= 0.3 is 0 Å². The first-order valence-corrected chi connectivity index (χ1v) is 7.28. The SMILES string of the molecule is Clc1sc(CNCCc2cccnc2)cc1Br. The van der Waals surface area contributed by atoms with Crippen LogP contribution in [0, 0.1) is 0 Å². The molecule has 0 aromatic carbocycles. The Morgan fingerprint density at radius 3 is 3.00 bits per heavy atom. The van der Waals surface area contributed by atoms with Crippen LogP contribution >= 0.6 is 38.9 Å². The van der Waals surface area contributed by atoms with Gasteiger partial charge in [-0.1, -0.05) is 17.7 Å². The Morgan fingerprint density at radius 2 is 2.35 bits per heavy atom. The van der Waals surface area contributed by atoms with E-state index in [1.807, 2.05) is 12.3 Å². The van der Waals surface area contributed by atoms with E-state index in [-0.39, 0.29) is 0 Å². The molecule has 17 heavy (non-hydrogen) atoms. The summed E-state index contributed by atoms with van der Waals surface area (Å²) in [5, 5.41) is 3.39. The van der Waals surface area contributed by atoms with Gasteiger partial charge in [0.15, 0.2) is 0 Å². The standard InChI is InChI=1S/C12H12BrClN2S/c13-11-6-10(17-12(11)14)8-16-5-3-9-2-1-4-15-7-9/h1-2,4,6-7,16H,3,5,8H2. The van der Waals surface area contributed by atoms with Crippen molar-refractivity contribution in [3.63, 3.8) is 0 Å². The van der Waals surface area contributed by atoms with Gasteiger partial charge in [0.2, 0.25) is 0 Å². The van der Waals surface area contributed by atoms with Gasteiger partial charge in [0.25, 0.3) is 0 Å². The van der Waals surface area contributed by atoms with E-state index in [0.29, 0.717) is 0 Å². The van der Waals surface area contributed by atoms with Crippen molar-refractivity contribution in [2.75, 3.05) is 6.54 Å². The molecule has 0 amide bonds. The second-order valence-electron chi connectivity index (χ2n) is 3.62. The third-order valence-corrected chi connectivity index (χ3v) is 4.78. The average molecular weight is 332 g/mol. The molecule has 2 aromatic heterocycles. The molecule has 5 heteroatoms. The Morgan fingerprint density at radius 1 is 1.47 bits per heavy atom. The van der Waals surface area contributed by atoms with Crippen LogP contribution < -0.4 is 5.32 Å². The summed E-state index contributed by atoms with van der Waals surface area (Å²) in [5.74, 6) is 0. The first-order chi connectivity index (χ1) is 8.25. The molecule has 2 rings (SSSR count). The highest BCUT2D eigenvalue weighted by atomic mass is 79.9. The molecule has 0 radical (unpaired) electrons. The number of hydrogen-bond donors (Lipinski definition) is 1. The van der Waals surface area contributed by atoms with Gasteiger partial charge < -0.3 is 5.32 Å². The molecule has 0 atom stereocenters. The maximum atomic E-state index is 5.97. The lowest BCUT2D eigenvalue weighted by Crippen LogP contribution is -2.15. The van der Waals surface area contributed by atoms with Crippen molar-refractivity contribution in [3.8, 4) is 0 Å². The quantitative estimate of drug-likeness (QED) is 0.841. The fraction of sp³-hybridized carbons (Fsp3) is 0.250. The van der Waals surface area contributed by atoms with Gasteiger partial charge in [-0.2, -0.15) is 0 Å². The predicted octanol–water partition coefficient (Wildman–Crippen LogP) is 3.89. The molecule has 0 aliphatic rings. The molecule has 2 aromatic rings. The molecule has 0 fully saturated rings. The molecule has 0 saturated heterocycles. The van der Waals surface area contributed by atoms with Crippen LogP contribution in [-0.2, 0) is 13.0 Å². The summed E-state index contributed by atoms with van der Waals surface area (Å²) in [6, 6.07) is 6.11. The van der Waals surface area contributed by atoms with Crippen LogP contribution in [0.15, 0.2) is 35.1 Å². The van der Waals surface area contributed by atoms with Gasteiger partial charge in [-0.3, -0.25) is 4.98 Å². The minimum Gasteiger partial charge on any atom is -0.312 e. The zero-order chi connectivity index (χ0) is 12.1. The molecule has 0 aliphatic heterocycles. The molecule has 2 heterocycles. The van der Waals surface area contributed by atoms with E-state index in [1.54, 1.807) is 17.5 Å². The van der Waals surface area contributed by atoms with E-state index in [9.17, 15) is 0 Å². The first-order valence-electron chi connectivity index (χ1n) is 5.29. The second-order valence-corrected chi connectivity index (χ2v) is 6.22. The third-order valence-electron chi connectivity index (χ3n) is 2.31. The van der Waals surface area contributed by atoms with E-state index >= 15 is 0 Å². The first kappa shape index (κ1) is 13.0. The van der Waals surface area contributed by atoms with Crippen molar-refractivity contribution in [2.45, 2.75) is 13.0 Å². The third kappa shape index (κ3) is 4.07. The van der Waals surface area contributed by atoms with E-state index in [4.69, 9.17) is 11.6 Å². The molecule has 90 valence electrons. The maximum Gasteiger partial charge on any atom is 0.107 e. The van der Waals surface area contributed by atoms with Crippen molar-refractivity contribution in [1.29, 1.82) is 0 Å². The summed E-state index contributed by atoms with van der Waals surface area (Å²) in [4.78, 5) is 5.33. The van der Waals surface area contributed by atoms with E-state index < -0.39 is 0 Å². The zero-order valence-corrected chi connectivity index (χ0v) is 12.3. The van der Waals surface area contributed by atoms with Crippen LogP contribution in [0.2, 0.25) is 4.34 Å². The van der Waals surface area contributed by atoms with Gasteiger partial charge in [0.05, 0.1) is 0 Å².